The van der Waals surface area contributed by atoms with Gasteiger partial charge in [-0.2, -0.15) is 0 Å². The molecular formula is C8H11BrN4. The van der Waals surface area contributed by atoms with Gasteiger partial charge in [0.1, 0.15) is 0 Å². The van der Waals surface area contributed by atoms with Crippen LogP contribution in [0.3, 0.4) is 0 Å². The number of aryl methyl sites for hydroxylation is 1. The Morgan fingerprint density at radius 1 is 1.54 bits per heavy atom. The molecule has 13 heavy (non-hydrogen) atoms. The summed E-state index contributed by atoms with van der Waals surface area (Å²) in [4.78, 5) is 4.07. The Morgan fingerprint density at radius 3 is 2.85 bits per heavy atom. The summed E-state index contributed by atoms with van der Waals surface area (Å²) in [5.74, 6) is 5.29. The second kappa shape index (κ2) is 4.25. The number of nitrogens with one attached hydrogen (secondary N) is 1. The molecular weight excluding hydrogens is 232 g/mol. The zero-order valence-corrected chi connectivity index (χ0v) is 8.80. The number of benzene rings is 1. The van der Waals surface area contributed by atoms with Gasteiger partial charge in [-0.3, -0.25) is 5.43 Å². The highest BCUT2D eigenvalue weighted by Gasteiger charge is 1.97. The van der Waals surface area contributed by atoms with E-state index in [1.54, 1.807) is 0 Å². The fourth-order valence-corrected chi connectivity index (χ4v) is 1.21. The van der Waals surface area contributed by atoms with Gasteiger partial charge in [-0.1, -0.05) is 22.0 Å². The van der Waals surface area contributed by atoms with Gasteiger partial charge in [0.2, 0.25) is 5.96 Å². The maximum Gasteiger partial charge on any atom is 0.208 e. The average molecular weight is 243 g/mol. The molecule has 0 unspecified atom stereocenters. The lowest BCUT2D eigenvalue weighted by atomic mass is 10.2. The molecule has 0 saturated heterocycles. The SMILES string of the molecule is Cc1ccc(Br)cc1N=C(N)NN. The van der Waals surface area contributed by atoms with Crippen molar-refractivity contribution < 1.29 is 0 Å². The molecule has 1 rings (SSSR count). The zero-order chi connectivity index (χ0) is 9.84. The van der Waals surface area contributed by atoms with E-state index < -0.39 is 0 Å². The number of aliphatic imine (C=N–C) groups is 1. The molecule has 70 valence electrons. The fourth-order valence-electron chi connectivity index (χ4n) is 0.865. The predicted molar refractivity (Wildman–Crippen MR) is 57.5 cm³/mol. The highest BCUT2D eigenvalue weighted by molar-refractivity contribution is 9.10. The summed E-state index contributed by atoms with van der Waals surface area (Å²) in [6, 6.07) is 5.77. The lowest BCUT2D eigenvalue weighted by molar-refractivity contribution is 1.01. The molecule has 0 bridgehead atoms. The summed E-state index contributed by atoms with van der Waals surface area (Å²) in [6.45, 7) is 1.95. The van der Waals surface area contributed by atoms with Crippen molar-refractivity contribution in [2.75, 3.05) is 0 Å². The van der Waals surface area contributed by atoms with Gasteiger partial charge in [-0.15, -0.1) is 0 Å². The minimum Gasteiger partial charge on any atom is -0.369 e. The van der Waals surface area contributed by atoms with E-state index in [0.29, 0.717) is 0 Å². The second-order valence-corrected chi connectivity index (χ2v) is 3.49. The van der Waals surface area contributed by atoms with Crippen LogP contribution in [0.15, 0.2) is 27.7 Å². The smallest absolute Gasteiger partial charge is 0.208 e. The molecule has 1 aromatic rings. The van der Waals surface area contributed by atoms with Crippen molar-refractivity contribution in [3.05, 3.63) is 28.2 Å². The van der Waals surface area contributed by atoms with Crippen molar-refractivity contribution in [1.82, 2.24) is 5.43 Å². The summed E-state index contributed by atoms with van der Waals surface area (Å²) in [6.07, 6.45) is 0. The van der Waals surface area contributed by atoms with Gasteiger partial charge in [-0.05, 0) is 24.6 Å². The molecule has 0 amide bonds. The van der Waals surface area contributed by atoms with E-state index in [1.807, 2.05) is 25.1 Å². The fraction of sp³-hybridized carbons (Fsp3) is 0.125. The molecule has 0 aliphatic carbocycles. The van der Waals surface area contributed by atoms with Crippen LogP contribution in [0.25, 0.3) is 0 Å². The van der Waals surface area contributed by atoms with E-state index in [0.717, 1.165) is 15.7 Å². The number of hydrazine groups is 1. The minimum absolute atomic E-state index is 0.196. The minimum atomic E-state index is 0.196. The van der Waals surface area contributed by atoms with Crippen molar-refractivity contribution in [2.24, 2.45) is 16.6 Å². The monoisotopic (exact) mass is 242 g/mol. The molecule has 0 aliphatic rings. The Morgan fingerprint density at radius 2 is 2.23 bits per heavy atom. The lowest BCUT2D eigenvalue weighted by Crippen LogP contribution is -2.36. The van der Waals surface area contributed by atoms with Gasteiger partial charge < -0.3 is 5.73 Å². The van der Waals surface area contributed by atoms with Gasteiger partial charge in [0.05, 0.1) is 5.69 Å². The van der Waals surface area contributed by atoms with Crippen LogP contribution >= 0.6 is 15.9 Å². The van der Waals surface area contributed by atoms with E-state index in [2.05, 4.69) is 26.3 Å². The van der Waals surface area contributed by atoms with Crippen LogP contribution < -0.4 is 17.0 Å². The van der Waals surface area contributed by atoms with Gasteiger partial charge in [0.15, 0.2) is 0 Å². The number of rotatable bonds is 1. The average Bonchev–Trinajstić information content (AvgIpc) is 2.11. The highest BCUT2D eigenvalue weighted by Crippen LogP contribution is 2.22. The molecule has 0 aromatic heterocycles. The maximum absolute atomic E-state index is 5.42. The summed E-state index contributed by atoms with van der Waals surface area (Å²) in [5.41, 5.74) is 9.53. The summed E-state index contributed by atoms with van der Waals surface area (Å²) in [5, 5.41) is 0. The van der Waals surface area contributed by atoms with Gasteiger partial charge in [-0.25, -0.2) is 10.8 Å². The van der Waals surface area contributed by atoms with Crippen LogP contribution in [-0.4, -0.2) is 5.96 Å². The first kappa shape index (κ1) is 10.0. The summed E-state index contributed by atoms with van der Waals surface area (Å²) >= 11 is 3.35. The quantitative estimate of drug-likeness (QED) is 0.300. The molecule has 0 heterocycles. The first-order chi connectivity index (χ1) is 6.13. The lowest BCUT2D eigenvalue weighted by Gasteiger charge is -2.02. The van der Waals surface area contributed by atoms with Gasteiger partial charge in [0.25, 0.3) is 0 Å². The maximum atomic E-state index is 5.42. The molecule has 0 saturated carbocycles. The van der Waals surface area contributed by atoms with Crippen LogP contribution in [0.4, 0.5) is 5.69 Å². The molecule has 5 heteroatoms. The predicted octanol–water partition coefficient (Wildman–Crippen LogP) is 1.17. The molecule has 0 aliphatic heterocycles. The summed E-state index contributed by atoms with van der Waals surface area (Å²) < 4.78 is 0.960. The molecule has 4 nitrogen and oxygen atoms in total. The summed E-state index contributed by atoms with van der Waals surface area (Å²) in [7, 11) is 0. The third-order valence-electron chi connectivity index (χ3n) is 1.56. The van der Waals surface area contributed by atoms with E-state index in [1.165, 1.54) is 0 Å². The van der Waals surface area contributed by atoms with Crippen LogP contribution in [0, 0.1) is 6.92 Å². The van der Waals surface area contributed by atoms with Crippen LogP contribution in [0.2, 0.25) is 0 Å². The first-order valence-electron chi connectivity index (χ1n) is 3.70. The molecule has 0 fully saturated rings. The third kappa shape index (κ3) is 2.71. The topological polar surface area (TPSA) is 76.4 Å². The Bertz CT molecular complexity index is 335. The van der Waals surface area contributed by atoms with Crippen molar-refractivity contribution in [3.8, 4) is 0 Å². The van der Waals surface area contributed by atoms with Gasteiger partial charge >= 0.3 is 0 Å². The number of hydrogen-bond donors (Lipinski definition) is 3. The first-order valence-corrected chi connectivity index (χ1v) is 4.49. The van der Waals surface area contributed by atoms with Crippen LogP contribution in [0.1, 0.15) is 5.56 Å². The number of guanidine groups is 1. The molecule has 1 aromatic carbocycles. The zero-order valence-electron chi connectivity index (χ0n) is 7.21. The van der Waals surface area contributed by atoms with E-state index in [-0.39, 0.29) is 5.96 Å². The standard InChI is InChI=1S/C8H11BrN4/c1-5-2-3-6(9)4-7(5)12-8(10)13-11/h2-4H,11H2,1H3,(H3,10,12,13). The highest BCUT2D eigenvalue weighted by atomic mass is 79.9. The Kier molecular flexibility index (Phi) is 3.27. The van der Waals surface area contributed by atoms with Crippen molar-refractivity contribution in [3.63, 3.8) is 0 Å². The molecule has 0 spiro atoms. The Balaban J connectivity index is 3.07. The van der Waals surface area contributed by atoms with Crippen LogP contribution in [0.5, 0.6) is 0 Å². The number of nitrogens with two attached hydrogens (primary N) is 2. The number of hydrogen-bond acceptors (Lipinski definition) is 2. The number of nitrogens with zero attached hydrogens (tertiary/aromatic N) is 1. The van der Waals surface area contributed by atoms with E-state index in [9.17, 15) is 0 Å². The molecule has 0 radical (unpaired) electrons. The van der Waals surface area contributed by atoms with Crippen molar-refractivity contribution in [1.29, 1.82) is 0 Å². The molecule has 0 atom stereocenters. The van der Waals surface area contributed by atoms with Crippen LogP contribution in [-0.2, 0) is 0 Å². The second-order valence-electron chi connectivity index (χ2n) is 2.57. The van der Waals surface area contributed by atoms with Gasteiger partial charge in [0, 0.05) is 4.47 Å². The largest absolute Gasteiger partial charge is 0.369 e. The van der Waals surface area contributed by atoms with Crippen molar-refractivity contribution in [2.45, 2.75) is 6.92 Å². The Labute approximate surface area is 85.1 Å². The normalized spacial score (nSPS) is 11.5. The van der Waals surface area contributed by atoms with E-state index >= 15 is 0 Å². The van der Waals surface area contributed by atoms with Crippen molar-refractivity contribution >= 4 is 27.6 Å². The molecule has 5 N–H and O–H groups in total. The number of halogens is 1. The third-order valence-corrected chi connectivity index (χ3v) is 2.05. The Hall–Kier alpha value is -1.07. The van der Waals surface area contributed by atoms with E-state index in [4.69, 9.17) is 11.6 Å².